The van der Waals surface area contributed by atoms with Crippen molar-refractivity contribution in [2.75, 3.05) is 21.3 Å². The zero-order valence-corrected chi connectivity index (χ0v) is 13.7. The lowest BCUT2D eigenvalue weighted by atomic mass is 10.1. The largest absolute Gasteiger partial charge is 0.493 e. The maximum Gasteiger partial charge on any atom is 0.272 e. The number of hydrogen-bond donors (Lipinski definition) is 2. The maximum atomic E-state index is 12.1. The van der Waals surface area contributed by atoms with E-state index < -0.39 is 0 Å². The van der Waals surface area contributed by atoms with Crippen LogP contribution in [0.3, 0.4) is 0 Å². The van der Waals surface area contributed by atoms with Gasteiger partial charge in [0.05, 0.1) is 21.3 Å². The Morgan fingerprint density at radius 2 is 1.91 bits per heavy atom. The molecular formula is C16H21N3O4. The molecule has 0 spiro atoms. The fourth-order valence-electron chi connectivity index (χ4n) is 2.23. The minimum absolute atomic E-state index is 0.252. The normalized spacial score (nSPS) is 10.3. The summed E-state index contributed by atoms with van der Waals surface area (Å²) in [6.45, 7) is 2.28. The van der Waals surface area contributed by atoms with E-state index in [0.717, 1.165) is 17.7 Å². The average molecular weight is 319 g/mol. The molecule has 7 heteroatoms. The van der Waals surface area contributed by atoms with Crippen molar-refractivity contribution in [1.82, 2.24) is 15.5 Å². The highest BCUT2D eigenvalue weighted by molar-refractivity contribution is 5.92. The Balaban J connectivity index is 2.15. The number of amides is 1. The summed E-state index contributed by atoms with van der Waals surface area (Å²) in [4.78, 5) is 12.1. The van der Waals surface area contributed by atoms with Gasteiger partial charge in [0.2, 0.25) is 5.75 Å². The number of ether oxygens (including phenoxy) is 3. The zero-order chi connectivity index (χ0) is 16.8. The van der Waals surface area contributed by atoms with Crippen molar-refractivity contribution in [2.24, 2.45) is 0 Å². The first-order valence-corrected chi connectivity index (χ1v) is 7.24. The summed E-state index contributed by atoms with van der Waals surface area (Å²) in [6, 6.07) is 5.33. The number of aromatic nitrogens is 2. The van der Waals surface area contributed by atoms with Gasteiger partial charge in [-0.3, -0.25) is 9.89 Å². The van der Waals surface area contributed by atoms with Gasteiger partial charge in [0.15, 0.2) is 11.5 Å². The monoisotopic (exact) mass is 319 g/mol. The molecular weight excluding hydrogens is 298 g/mol. The SMILES string of the molecule is CCc1cc(C(=O)NCc2ccc(OC)c(OC)c2OC)n[nH]1. The second-order valence-corrected chi connectivity index (χ2v) is 4.81. The molecule has 1 aromatic heterocycles. The summed E-state index contributed by atoms with van der Waals surface area (Å²) in [5.41, 5.74) is 2.06. The van der Waals surface area contributed by atoms with Crippen molar-refractivity contribution < 1.29 is 19.0 Å². The molecule has 0 aliphatic heterocycles. The molecule has 1 heterocycles. The summed E-state index contributed by atoms with van der Waals surface area (Å²) in [5, 5.41) is 9.63. The van der Waals surface area contributed by atoms with E-state index in [1.807, 2.05) is 13.0 Å². The molecule has 0 aliphatic rings. The third-order valence-electron chi connectivity index (χ3n) is 3.47. The van der Waals surface area contributed by atoms with Crippen LogP contribution in [0.4, 0.5) is 0 Å². The number of aromatic amines is 1. The number of rotatable bonds is 7. The molecule has 0 atom stereocenters. The lowest BCUT2D eigenvalue weighted by Crippen LogP contribution is -2.23. The van der Waals surface area contributed by atoms with Crippen LogP contribution in [0.2, 0.25) is 0 Å². The molecule has 1 aromatic carbocycles. The molecule has 7 nitrogen and oxygen atoms in total. The van der Waals surface area contributed by atoms with Gasteiger partial charge in [-0.15, -0.1) is 0 Å². The van der Waals surface area contributed by atoms with Crippen LogP contribution in [0, 0.1) is 0 Å². The van der Waals surface area contributed by atoms with E-state index >= 15 is 0 Å². The van der Waals surface area contributed by atoms with Gasteiger partial charge in [-0.25, -0.2) is 0 Å². The number of aryl methyl sites for hydroxylation is 1. The summed E-state index contributed by atoms with van der Waals surface area (Å²) < 4.78 is 16.0. The van der Waals surface area contributed by atoms with Crippen LogP contribution in [0.15, 0.2) is 18.2 Å². The van der Waals surface area contributed by atoms with Crippen molar-refractivity contribution in [3.05, 3.63) is 35.2 Å². The Morgan fingerprint density at radius 1 is 1.17 bits per heavy atom. The molecule has 0 saturated carbocycles. The van der Waals surface area contributed by atoms with Gasteiger partial charge in [-0.2, -0.15) is 5.10 Å². The standard InChI is InChI=1S/C16H21N3O4/c1-5-11-8-12(19-18-11)16(20)17-9-10-6-7-13(21-2)15(23-4)14(10)22-3/h6-8H,5,9H2,1-4H3,(H,17,20)(H,18,19). The number of benzene rings is 1. The van der Waals surface area contributed by atoms with E-state index in [1.165, 1.54) is 0 Å². The van der Waals surface area contributed by atoms with Crippen molar-refractivity contribution in [3.8, 4) is 17.2 Å². The Kier molecular flexibility index (Phi) is 5.46. The molecule has 1 amide bonds. The zero-order valence-electron chi connectivity index (χ0n) is 13.7. The Labute approximate surface area is 134 Å². The fourth-order valence-corrected chi connectivity index (χ4v) is 2.23. The molecule has 2 aromatic rings. The van der Waals surface area contributed by atoms with Gasteiger partial charge in [-0.05, 0) is 24.6 Å². The quantitative estimate of drug-likeness (QED) is 0.814. The smallest absolute Gasteiger partial charge is 0.272 e. The lowest BCUT2D eigenvalue weighted by molar-refractivity contribution is 0.0945. The number of carbonyl (C=O) groups excluding carboxylic acids is 1. The predicted molar refractivity (Wildman–Crippen MR) is 85.2 cm³/mol. The first kappa shape index (κ1) is 16.7. The van der Waals surface area contributed by atoms with Crippen molar-refractivity contribution in [1.29, 1.82) is 0 Å². The van der Waals surface area contributed by atoms with Crippen molar-refractivity contribution >= 4 is 5.91 Å². The number of nitrogens with zero attached hydrogens (tertiary/aromatic N) is 1. The summed E-state index contributed by atoms with van der Waals surface area (Å²) in [5.74, 6) is 1.34. The highest BCUT2D eigenvalue weighted by Crippen LogP contribution is 2.39. The summed E-state index contributed by atoms with van der Waals surface area (Å²) >= 11 is 0. The Morgan fingerprint density at radius 3 is 2.48 bits per heavy atom. The van der Waals surface area contributed by atoms with Crippen LogP contribution in [-0.2, 0) is 13.0 Å². The second-order valence-electron chi connectivity index (χ2n) is 4.81. The van der Waals surface area contributed by atoms with Gasteiger partial charge in [0, 0.05) is 17.8 Å². The Bertz CT molecular complexity index is 682. The summed E-state index contributed by atoms with van der Waals surface area (Å²) in [6.07, 6.45) is 0.795. The minimum Gasteiger partial charge on any atom is -0.493 e. The number of hydrogen-bond acceptors (Lipinski definition) is 5. The number of carbonyl (C=O) groups is 1. The third-order valence-corrected chi connectivity index (χ3v) is 3.47. The first-order chi connectivity index (χ1) is 11.1. The van der Waals surface area contributed by atoms with Gasteiger partial charge in [0.1, 0.15) is 5.69 Å². The van der Waals surface area contributed by atoms with E-state index in [-0.39, 0.29) is 12.5 Å². The van der Waals surface area contributed by atoms with E-state index in [9.17, 15) is 4.79 Å². The molecule has 2 N–H and O–H groups in total. The molecule has 124 valence electrons. The molecule has 2 rings (SSSR count). The van der Waals surface area contributed by atoms with Crippen LogP contribution >= 0.6 is 0 Å². The van der Waals surface area contributed by atoms with Crippen LogP contribution < -0.4 is 19.5 Å². The van der Waals surface area contributed by atoms with Crippen LogP contribution in [0.1, 0.15) is 28.7 Å². The molecule has 0 bridgehead atoms. The van der Waals surface area contributed by atoms with E-state index in [1.54, 1.807) is 33.5 Å². The molecule has 0 aliphatic carbocycles. The Hall–Kier alpha value is -2.70. The number of H-pyrrole nitrogens is 1. The van der Waals surface area contributed by atoms with Crippen LogP contribution in [-0.4, -0.2) is 37.4 Å². The highest BCUT2D eigenvalue weighted by Gasteiger charge is 2.17. The molecule has 0 radical (unpaired) electrons. The molecule has 23 heavy (non-hydrogen) atoms. The van der Waals surface area contributed by atoms with Crippen molar-refractivity contribution in [2.45, 2.75) is 19.9 Å². The van der Waals surface area contributed by atoms with E-state index in [2.05, 4.69) is 15.5 Å². The topological polar surface area (TPSA) is 85.5 Å². The molecule has 0 unspecified atom stereocenters. The first-order valence-electron chi connectivity index (χ1n) is 7.24. The third kappa shape index (κ3) is 3.56. The predicted octanol–water partition coefficient (Wildman–Crippen LogP) is 1.93. The van der Waals surface area contributed by atoms with E-state index in [4.69, 9.17) is 14.2 Å². The van der Waals surface area contributed by atoms with Gasteiger partial charge >= 0.3 is 0 Å². The van der Waals surface area contributed by atoms with Gasteiger partial charge < -0.3 is 19.5 Å². The maximum absolute atomic E-state index is 12.1. The molecule has 0 saturated heterocycles. The number of methoxy groups -OCH3 is 3. The molecule has 0 fully saturated rings. The second kappa shape index (κ2) is 7.53. The average Bonchev–Trinajstić information content (AvgIpc) is 3.07. The minimum atomic E-state index is -0.252. The van der Waals surface area contributed by atoms with E-state index in [0.29, 0.717) is 22.9 Å². The van der Waals surface area contributed by atoms with Crippen molar-refractivity contribution in [3.63, 3.8) is 0 Å². The number of nitrogens with one attached hydrogen (secondary N) is 2. The van der Waals surface area contributed by atoms with Crippen LogP contribution in [0.25, 0.3) is 0 Å². The highest BCUT2D eigenvalue weighted by atomic mass is 16.5. The van der Waals surface area contributed by atoms with Gasteiger partial charge in [0.25, 0.3) is 5.91 Å². The van der Waals surface area contributed by atoms with Gasteiger partial charge in [-0.1, -0.05) is 6.92 Å². The van der Waals surface area contributed by atoms with Crippen LogP contribution in [0.5, 0.6) is 17.2 Å². The lowest BCUT2D eigenvalue weighted by Gasteiger charge is -2.15. The summed E-state index contributed by atoms with van der Waals surface area (Å²) in [7, 11) is 4.64. The fraction of sp³-hybridized carbons (Fsp3) is 0.375.